The largest absolute Gasteiger partial charge is 0.469 e. The lowest BCUT2D eigenvalue weighted by atomic mass is 10.1. The van der Waals surface area contributed by atoms with Gasteiger partial charge in [0.05, 0.1) is 19.0 Å². The standard InChI is InChI=1S/C10H16O3/c1-8(11)3-4-10-9(7-12-2)5-6-13-10/h5-6,8,11H,3-4,7H2,1-2H3. The highest BCUT2D eigenvalue weighted by atomic mass is 16.5. The van der Waals surface area contributed by atoms with Crippen molar-refractivity contribution in [1.82, 2.24) is 0 Å². The molecule has 1 aromatic rings. The van der Waals surface area contributed by atoms with Gasteiger partial charge in [-0.15, -0.1) is 0 Å². The Morgan fingerprint density at radius 2 is 2.38 bits per heavy atom. The third-order valence-corrected chi connectivity index (χ3v) is 1.93. The van der Waals surface area contributed by atoms with Crippen LogP contribution in [0.4, 0.5) is 0 Å². The van der Waals surface area contributed by atoms with Gasteiger partial charge in [-0.2, -0.15) is 0 Å². The Labute approximate surface area is 78.3 Å². The van der Waals surface area contributed by atoms with Gasteiger partial charge in [0.1, 0.15) is 5.76 Å². The Bertz CT molecular complexity index is 240. The minimum absolute atomic E-state index is 0.277. The fourth-order valence-electron chi connectivity index (χ4n) is 1.21. The molecule has 0 aliphatic rings. The second-order valence-electron chi connectivity index (χ2n) is 3.19. The van der Waals surface area contributed by atoms with E-state index in [4.69, 9.17) is 14.3 Å². The van der Waals surface area contributed by atoms with E-state index in [2.05, 4.69) is 0 Å². The number of ether oxygens (including phenoxy) is 1. The van der Waals surface area contributed by atoms with Crippen molar-refractivity contribution in [1.29, 1.82) is 0 Å². The first kappa shape index (κ1) is 10.3. The lowest BCUT2D eigenvalue weighted by Gasteiger charge is -2.03. The molecular formula is C10H16O3. The number of furan rings is 1. The molecule has 0 aliphatic heterocycles. The summed E-state index contributed by atoms with van der Waals surface area (Å²) in [6.07, 6.45) is 2.87. The Morgan fingerprint density at radius 3 is 3.00 bits per heavy atom. The van der Waals surface area contributed by atoms with E-state index in [1.807, 2.05) is 6.07 Å². The van der Waals surface area contributed by atoms with Crippen LogP contribution in [0.25, 0.3) is 0 Å². The molecule has 0 amide bonds. The average Bonchev–Trinajstić information content (AvgIpc) is 2.49. The van der Waals surface area contributed by atoms with E-state index in [1.165, 1.54) is 0 Å². The predicted molar refractivity (Wildman–Crippen MR) is 49.4 cm³/mol. The van der Waals surface area contributed by atoms with Gasteiger partial charge in [-0.25, -0.2) is 0 Å². The smallest absolute Gasteiger partial charge is 0.109 e. The van der Waals surface area contributed by atoms with Crippen LogP contribution in [0.1, 0.15) is 24.7 Å². The quantitative estimate of drug-likeness (QED) is 0.758. The van der Waals surface area contributed by atoms with E-state index in [-0.39, 0.29) is 6.10 Å². The molecule has 1 rings (SSSR count). The van der Waals surface area contributed by atoms with Gasteiger partial charge in [0.2, 0.25) is 0 Å². The van der Waals surface area contributed by atoms with Crippen LogP contribution in [0, 0.1) is 0 Å². The summed E-state index contributed by atoms with van der Waals surface area (Å²) in [7, 11) is 1.66. The molecule has 1 atom stereocenters. The summed E-state index contributed by atoms with van der Waals surface area (Å²) in [5.74, 6) is 0.919. The van der Waals surface area contributed by atoms with E-state index in [0.717, 1.165) is 24.2 Å². The molecule has 0 radical (unpaired) electrons. The molecule has 0 aliphatic carbocycles. The number of aliphatic hydroxyl groups excluding tert-OH is 1. The molecule has 0 saturated carbocycles. The molecule has 0 bridgehead atoms. The Morgan fingerprint density at radius 1 is 1.62 bits per heavy atom. The zero-order valence-corrected chi connectivity index (χ0v) is 8.12. The first-order valence-electron chi connectivity index (χ1n) is 4.46. The van der Waals surface area contributed by atoms with Crippen LogP contribution >= 0.6 is 0 Å². The van der Waals surface area contributed by atoms with Gasteiger partial charge < -0.3 is 14.3 Å². The molecule has 3 nitrogen and oxygen atoms in total. The fraction of sp³-hybridized carbons (Fsp3) is 0.600. The van der Waals surface area contributed by atoms with Crippen LogP contribution in [0.15, 0.2) is 16.7 Å². The monoisotopic (exact) mass is 184 g/mol. The molecule has 0 fully saturated rings. The van der Waals surface area contributed by atoms with Crippen LogP contribution in [0.2, 0.25) is 0 Å². The van der Waals surface area contributed by atoms with E-state index in [1.54, 1.807) is 20.3 Å². The van der Waals surface area contributed by atoms with Crippen LogP contribution in [-0.4, -0.2) is 18.3 Å². The van der Waals surface area contributed by atoms with E-state index in [0.29, 0.717) is 6.61 Å². The van der Waals surface area contributed by atoms with Crippen molar-refractivity contribution in [3.63, 3.8) is 0 Å². The van der Waals surface area contributed by atoms with E-state index >= 15 is 0 Å². The lowest BCUT2D eigenvalue weighted by molar-refractivity contribution is 0.175. The van der Waals surface area contributed by atoms with Crippen molar-refractivity contribution in [2.75, 3.05) is 7.11 Å². The maximum Gasteiger partial charge on any atom is 0.109 e. The van der Waals surface area contributed by atoms with Crippen LogP contribution in [0.3, 0.4) is 0 Å². The summed E-state index contributed by atoms with van der Waals surface area (Å²) in [5, 5.41) is 9.10. The third-order valence-electron chi connectivity index (χ3n) is 1.93. The van der Waals surface area contributed by atoms with E-state index < -0.39 is 0 Å². The highest BCUT2D eigenvalue weighted by Crippen LogP contribution is 2.14. The van der Waals surface area contributed by atoms with Crippen molar-refractivity contribution in [2.45, 2.75) is 32.5 Å². The van der Waals surface area contributed by atoms with Gasteiger partial charge >= 0.3 is 0 Å². The molecule has 0 spiro atoms. The van der Waals surface area contributed by atoms with Gasteiger partial charge in [0, 0.05) is 19.1 Å². The number of hydrogen-bond donors (Lipinski definition) is 1. The van der Waals surface area contributed by atoms with Crippen LogP contribution < -0.4 is 0 Å². The zero-order valence-electron chi connectivity index (χ0n) is 8.12. The third kappa shape index (κ3) is 3.20. The predicted octanol–water partition coefficient (Wildman–Crippen LogP) is 1.74. The Balaban J connectivity index is 2.49. The van der Waals surface area contributed by atoms with Crippen molar-refractivity contribution in [3.05, 3.63) is 23.7 Å². The summed E-state index contributed by atoms with van der Waals surface area (Å²) in [6.45, 7) is 2.35. The second-order valence-corrected chi connectivity index (χ2v) is 3.19. The van der Waals surface area contributed by atoms with Gasteiger partial charge in [0.25, 0.3) is 0 Å². The number of aryl methyl sites for hydroxylation is 1. The molecular weight excluding hydrogens is 168 g/mol. The van der Waals surface area contributed by atoms with Gasteiger partial charge in [-0.3, -0.25) is 0 Å². The highest BCUT2D eigenvalue weighted by molar-refractivity contribution is 5.16. The van der Waals surface area contributed by atoms with Crippen molar-refractivity contribution < 1.29 is 14.3 Å². The zero-order chi connectivity index (χ0) is 9.68. The maximum atomic E-state index is 9.10. The summed E-state index contributed by atoms with van der Waals surface area (Å²) >= 11 is 0. The van der Waals surface area contributed by atoms with Crippen LogP contribution in [0.5, 0.6) is 0 Å². The maximum absolute atomic E-state index is 9.10. The normalized spacial score (nSPS) is 13.2. The second kappa shape index (κ2) is 5.04. The number of aliphatic hydroxyl groups is 1. The van der Waals surface area contributed by atoms with Crippen molar-refractivity contribution in [2.24, 2.45) is 0 Å². The molecule has 13 heavy (non-hydrogen) atoms. The SMILES string of the molecule is COCc1ccoc1CCC(C)O. The summed E-state index contributed by atoms with van der Waals surface area (Å²) in [5.41, 5.74) is 1.07. The first-order valence-corrected chi connectivity index (χ1v) is 4.46. The van der Waals surface area contributed by atoms with Gasteiger partial charge in [0.15, 0.2) is 0 Å². The van der Waals surface area contributed by atoms with Gasteiger partial charge in [-0.1, -0.05) is 0 Å². The molecule has 0 saturated heterocycles. The summed E-state index contributed by atoms with van der Waals surface area (Å²) in [4.78, 5) is 0. The lowest BCUT2D eigenvalue weighted by Crippen LogP contribution is -2.02. The fourth-order valence-corrected chi connectivity index (χ4v) is 1.21. The average molecular weight is 184 g/mol. The number of hydrogen-bond acceptors (Lipinski definition) is 3. The molecule has 74 valence electrons. The minimum Gasteiger partial charge on any atom is -0.469 e. The highest BCUT2D eigenvalue weighted by Gasteiger charge is 2.06. The van der Waals surface area contributed by atoms with Crippen LogP contribution in [-0.2, 0) is 17.8 Å². The number of rotatable bonds is 5. The number of methoxy groups -OCH3 is 1. The minimum atomic E-state index is -0.277. The Kier molecular flexibility index (Phi) is 3.99. The molecule has 0 aromatic carbocycles. The molecule has 1 heterocycles. The van der Waals surface area contributed by atoms with Crippen molar-refractivity contribution in [3.8, 4) is 0 Å². The van der Waals surface area contributed by atoms with E-state index in [9.17, 15) is 0 Å². The first-order chi connectivity index (χ1) is 6.24. The molecule has 1 N–H and O–H groups in total. The van der Waals surface area contributed by atoms with Gasteiger partial charge in [-0.05, 0) is 19.4 Å². The topological polar surface area (TPSA) is 42.6 Å². The molecule has 1 aromatic heterocycles. The molecule has 3 heteroatoms. The summed E-state index contributed by atoms with van der Waals surface area (Å²) < 4.78 is 10.3. The Hall–Kier alpha value is -0.800. The molecule has 1 unspecified atom stereocenters. The summed E-state index contributed by atoms with van der Waals surface area (Å²) in [6, 6.07) is 1.90. The van der Waals surface area contributed by atoms with Crippen molar-refractivity contribution >= 4 is 0 Å².